The van der Waals surface area contributed by atoms with Crippen LogP contribution >= 0.6 is 0 Å². The Morgan fingerprint density at radius 2 is 1.73 bits per heavy atom. The molecule has 1 aliphatic heterocycles. The van der Waals surface area contributed by atoms with Crippen molar-refractivity contribution in [1.82, 2.24) is 14.7 Å². The van der Waals surface area contributed by atoms with E-state index in [1.54, 1.807) is 29.2 Å². The zero-order valence-electron chi connectivity index (χ0n) is 17.2. The number of carbonyl (C=O) groups is 5. The van der Waals surface area contributed by atoms with E-state index in [9.17, 15) is 24.0 Å². The molecule has 160 valence electrons. The lowest BCUT2D eigenvalue weighted by atomic mass is 10.1. The van der Waals surface area contributed by atoms with Gasteiger partial charge >= 0.3 is 17.8 Å². The first kappa shape index (κ1) is 21.5. The van der Waals surface area contributed by atoms with Crippen molar-refractivity contribution in [1.29, 1.82) is 0 Å². The van der Waals surface area contributed by atoms with Gasteiger partial charge in [0.2, 0.25) is 5.91 Å². The zero-order chi connectivity index (χ0) is 21.8. The minimum atomic E-state index is -0.979. The molecule has 6 amide bonds. The van der Waals surface area contributed by atoms with Gasteiger partial charge in [0.05, 0.1) is 0 Å². The molecule has 2 fully saturated rings. The van der Waals surface area contributed by atoms with Crippen LogP contribution in [0.1, 0.15) is 49.9 Å². The summed E-state index contributed by atoms with van der Waals surface area (Å²) in [7, 11) is 0. The van der Waals surface area contributed by atoms with Crippen LogP contribution in [0.2, 0.25) is 0 Å². The van der Waals surface area contributed by atoms with Gasteiger partial charge in [-0.25, -0.2) is 9.69 Å². The molecule has 0 atom stereocenters. The fraction of sp³-hybridized carbons (Fsp3) is 0.476. The summed E-state index contributed by atoms with van der Waals surface area (Å²) in [6.45, 7) is 4.34. The van der Waals surface area contributed by atoms with E-state index in [2.05, 4.69) is 5.32 Å². The summed E-state index contributed by atoms with van der Waals surface area (Å²) in [6.07, 6.45) is 3.16. The Balaban J connectivity index is 1.66. The van der Waals surface area contributed by atoms with Gasteiger partial charge in [0.1, 0.15) is 6.54 Å². The van der Waals surface area contributed by atoms with Crippen molar-refractivity contribution in [3.8, 4) is 0 Å². The van der Waals surface area contributed by atoms with Crippen LogP contribution in [0.4, 0.5) is 10.5 Å². The second-order valence-corrected chi connectivity index (χ2v) is 7.39. The molecule has 1 aromatic rings. The Morgan fingerprint density at radius 1 is 1.07 bits per heavy atom. The second kappa shape index (κ2) is 9.06. The van der Waals surface area contributed by atoms with E-state index in [0.29, 0.717) is 42.1 Å². The lowest BCUT2D eigenvalue weighted by molar-refractivity contribution is -0.144. The molecular formula is C21H26N4O5. The standard InChI is InChI=1S/C21H26N4O5/c1-3-23(4-2)18(27)14-8-7-9-15(12-14)22-17(26)13-24-19(28)20(29)25(21(24)30)16-10-5-6-11-16/h7-9,12,16H,3-6,10-11,13H2,1-2H3,(H,22,26). The minimum Gasteiger partial charge on any atom is -0.339 e. The normalized spacial score (nSPS) is 17.1. The van der Waals surface area contributed by atoms with Crippen LogP contribution in [0, 0.1) is 0 Å². The van der Waals surface area contributed by atoms with Crippen LogP contribution in [0.15, 0.2) is 24.3 Å². The summed E-state index contributed by atoms with van der Waals surface area (Å²) in [6, 6.07) is 5.44. The Hall–Kier alpha value is -3.23. The average molecular weight is 414 g/mol. The lowest BCUT2D eigenvalue weighted by Crippen LogP contribution is -2.41. The first-order chi connectivity index (χ1) is 14.4. The number of amides is 6. The highest BCUT2D eigenvalue weighted by molar-refractivity contribution is 6.45. The third kappa shape index (κ3) is 4.19. The molecule has 1 saturated heterocycles. The van der Waals surface area contributed by atoms with Crippen molar-refractivity contribution in [3.05, 3.63) is 29.8 Å². The van der Waals surface area contributed by atoms with E-state index in [0.717, 1.165) is 17.7 Å². The van der Waals surface area contributed by atoms with Gasteiger partial charge in [-0.1, -0.05) is 18.9 Å². The molecule has 3 rings (SSSR count). The van der Waals surface area contributed by atoms with Gasteiger partial charge in [-0.3, -0.25) is 24.1 Å². The molecule has 0 aromatic heterocycles. The molecule has 0 unspecified atom stereocenters. The molecular weight excluding hydrogens is 388 g/mol. The van der Waals surface area contributed by atoms with Crippen LogP contribution in [0.3, 0.4) is 0 Å². The fourth-order valence-electron chi connectivity index (χ4n) is 3.91. The maximum absolute atomic E-state index is 12.6. The molecule has 1 aliphatic carbocycles. The van der Waals surface area contributed by atoms with Crippen LogP contribution in [-0.2, 0) is 14.4 Å². The fourth-order valence-corrected chi connectivity index (χ4v) is 3.91. The van der Waals surface area contributed by atoms with Crippen LogP contribution in [0.25, 0.3) is 0 Å². The number of benzene rings is 1. The highest BCUT2D eigenvalue weighted by Crippen LogP contribution is 2.27. The van der Waals surface area contributed by atoms with E-state index >= 15 is 0 Å². The number of nitrogens with one attached hydrogen (secondary N) is 1. The topological polar surface area (TPSA) is 107 Å². The molecule has 0 spiro atoms. The number of rotatable bonds is 7. The van der Waals surface area contributed by atoms with E-state index in [-0.39, 0.29) is 11.9 Å². The molecule has 0 radical (unpaired) electrons. The highest BCUT2D eigenvalue weighted by Gasteiger charge is 2.48. The second-order valence-electron chi connectivity index (χ2n) is 7.39. The summed E-state index contributed by atoms with van der Waals surface area (Å²) in [5.74, 6) is -2.62. The lowest BCUT2D eigenvalue weighted by Gasteiger charge is -2.21. The summed E-state index contributed by atoms with van der Waals surface area (Å²) >= 11 is 0. The molecule has 1 aromatic carbocycles. The quantitative estimate of drug-likeness (QED) is 0.541. The maximum atomic E-state index is 12.6. The molecule has 1 saturated carbocycles. The number of hydrogen-bond donors (Lipinski definition) is 1. The first-order valence-corrected chi connectivity index (χ1v) is 10.3. The van der Waals surface area contributed by atoms with Gasteiger partial charge in [0, 0.05) is 30.4 Å². The predicted molar refractivity (Wildman–Crippen MR) is 109 cm³/mol. The van der Waals surface area contributed by atoms with E-state index in [1.807, 2.05) is 13.8 Å². The monoisotopic (exact) mass is 414 g/mol. The molecule has 0 bridgehead atoms. The van der Waals surface area contributed by atoms with Gasteiger partial charge in [-0.2, -0.15) is 0 Å². The number of imide groups is 2. The van der Waals surface area contributed by atoms with Gasteiger partial charge in [0.15, 0.2) is 0 Å². The number of hydrogen-bond acceptors (Lipinski definition) is 5. The van der Waals surface area contributed by atoms with Crippen molar-refractivity contribution < 1.29 is 24.0 Å². The number of nitrogens with zero attached hydrogens (tertiary/aromatic N) is 3. The van der Waals surface area contributed by atoms with E-state index in [1.165, 1.54) is 0 Å². The van der Waals surface area contributed by atoms with Crippen LogP contribution < -0.4 is 5.32 Å². The molecule has 1 heterocycles. The summed E-state index contributed by atoms with van der Waals surface area (Å²) in [5.41, 5.74) is 0.795. The van der Waals surface area contributed by atoms with Crippen molar-refractivity contribution in [2.75, 3.05) is 25.0 Å². The van der Waals surface area contributed by atoms with Crippen molar-refractivity contribution in [2.45, 2.75) is 45.6 Å². The number of carbonyl (C=O) groups excluding carboxylic acids is 5. The van der Waals surface area contributed by atoms with Crippen molar-refractivity contribution in [2.24, 2.45) is 0 Å². The predicted octanol–water partition coefficient (Wildman–Crippen LogP) is 1.84. The van der Waals surface area contributed by atoms with Crippen LogP contribution in [-0.4, -0.2) is 70.0 Å². The van der Waals surface area contributed by atoms with Gasteiger partial charge in [0.25, 0.3) is 5.91 Å². The molecule has 2 aliphatic rings. The smallest absolute Gasteiger partial charge is 0.334 e. The van der Waals surface area contributed by atoms with Crippen molar-refractivity contribution in [3.63, 3.8) is 0 Å². The van der Waals surface area contributed by atoms with Crippen LogP contribution in [0.5, 0.6) is 0 Å². The third-order valence-corrected chi connectivity index (χ3v) is 5.52. The number of urea groups is 1. The number of anilines is 1. The summed E-state index contributed by atoms with van der Waals surface area (Å²) in [5, 5.41) is 2.59. The summed E-state index contributed by atoms with van der Waals surface area (Å²) in [4.78, 5) is 65.3. The van der Waals surface area contributed by atoms with E-state index in [4.69, 9.17) is 0 Å². The Labute approximate surface area is 175 Å². The summed E-state index contributed by atoms with van der Waals surface area (Å²) < 4.78 is 0. The maximum Gasteiger partial charge on any atom is 0.334 e. The molecule has 30 heavy (non-hydrogen) atoms. The Bertz CT molecular complexity index is 874. The Kier molecular flexibility index (Phi) is 6.49. The molecule has 1 N–H and O–H groups in total. The molecule has 9 heteroatoms. The van der Waals surface area contributed by atoms with Crippen molar-refractivity contribution >= 4 is 35.3 Å². The SMILES string of the molecule is CCN(CC)C(=O)c1cccc(NC(=O)CN2C(=O)C(=O)N(C3CCCC3)C2=O)c1. The highest BCUT2D eigenvalue weighted by atomic mass is 16.2. The third-order valence-electron chi connectivity index (χ3n) is 5.52. The first-order valence-electron chi connectivity index (χ1n) is 10.3. The van der Waals surface area contributed by atoms with E-state index < -0.39 is 30.3 Å². The van der Waals surface area contributed by atoms with Gasteiger partial charge in [-0.15, -0.1) is 0 Å². The largest absolute Gasteiger partial charge is 0.339 e. The average Bonchev–Trinajstić information content (AvgIpc) is 3.32. The van der Waals surface area contributed by atoms with Gasteiger partial charge in [-0.05, 0) is 44.9 Å². The van der Waals surface area contributed by atoms with Gasteiger partial charge < -0.3 is 10.2 Å². The minimum absolute atomic E-state index is 0.154. The molecule has 9 nitrogen and oxygen atoms in total. The zero-order valence-corrected chi connectivity index (χ0v) is 17.2. The Morgan fingerprint density at radius 3 is 2.37 bits per heavy atom.